The van der Waals surface area contributed by atoms with Gasteiger partial charge in [-0.2, -0.15) is 0 Å². The fraction of sp³-hybridized carbons (Fsp3) is 0.0833. The molecule has 0 aliphatic rings. The Hall–Kier alpha value is -1.33. The van der Waals surface area contributed by atoms with Crippen LogP contribution in [0.5, 0.6) is 5.75 Å². The minimum atomic E-state index is 0.00693. The summed E-state index contributed by atoms with van der Waals surface area (Å²) in [7, 11) is 0. The first-order valence-electron chi connectivity index (χ1n) is 4.96. The quantitative estimate of drug-likeness (QED) is 0.672. The van der Waals surface area contributed by atoms with Crippen LogP contribution >= 0.6 is 27.3 Å². The summed E-state index contributed by atoms with van der Waals surface area (Å²) in [5, 5.41) is 9.51. The van der Waals surface area contributed by atoms with E-state index in [-0.39, 0.29) is 5.84 Å². The molecule has 0 spiro atoms. The zero-order chi connectivity index (χ0) is 12.3. The van der Waals surface area contributed by atoms with Crippen LogP contribution in [0, 0.1) is 5.41 Å². The molecule has 0 saturated heterocycles. The van der Waals surface area contributed by atoms with Gasteiger partial charge in [-0.1, -0.05) is 22.0 Å². The molecule has 5 heteroatoms. The zero-order valence-electron chi connectivity index (χ0n) is 8.94. The van der Waals surface area contributed by atoms with Crippen LogP contribution in [0.15, 0.2) is 40.2 Å². The van der Waals surface area contributed by atoms with Gasteiger partial charge in [-0.05, 0) is 29.6 Å². The van der Waals surface area contributed by atoms with Crippen LogP contribution in [0.4, 0.5) is 0 Å². The summed E-state index contributed by atoms with van der Waals surface area (Å²) in [6, 6.07) is 9.46. The maximum atomic E-state index is 7.51. The van der Waals surface area contributed by atoms with Crippen LogP contribution in [0.1, 0.15) is 10.4 Å². The lowest BCUT2D eigenvalue weighted by Crippen LogP contribution is -2.13. The molecule has 3 nitrogen and oxygen atoms in total. The predicted molar refractivity (Wildman–Crippen MR) is 73.8 cm³/mol. The van der Waals surface area contributed by atoms with E-state index in [1.165, 1.54) is 0 Å². The topological polar surface area (TPSA) is 59.1 Å². The van der Waals surface area contributed by atoms with Crippen molar-refractivity contribution < 1.29 is 4.74 Å². The molecule has 0 atom stereocenters. The second-order valence-corrected chi connectivity index (χ2v) is 5.37. The van der Waals surface area contributed by atoms with Crippen molar-refractivity contribution in [1.82, 2.24) is 0 Å². The van der Waals surface area contributed by atoms with Gasteiger partial charge in [-0.25, -0.2) is 0 Å². The van der Waals surface area contributed by atoms with E-state index in [1.807, 2.05) is 29.6 Å². The monoisotopic (exact) mass is 310 g/mol. The lowest BCUT2D eigenvalue weighted by molar-refractivity contribution is 0.309. The largest absolute Gasteiger partial charge is 0.487 e. The van der Waals surface area contributed by atoms with E-state index >= 15 is 0 Å². The summed E-state index contributed by atoms with van der Waals surface area (Å²) >= 11 is 4.99. The highest BCUT2D eigenvalue weighted by Gasteiger charge is 2.07. The molecule has 0 aliphatic heterocycles. The molecular weight excluding hydrogens is 300 g/mol. The van der Waals surface area contributed by atoms with Crippen molar-refractivity contribution in [3.05, 3.63) is 50.6 Å². The number of hydrogen-bond donors (Lipinski definition) is 2. The molecule has 0 unspecified atom stereocenters. The van der Waals surface area contributed by atoms with Gasteiger partial charge in [0.2, 0.25) is 0 Å². The van der Waals surface area contributed by atoms with Crippen molar-refractivity contribution in [3.8, 4) is 5.75 Å². The Kier molecular flexibility index (Phi) is 3.81. The molecule has 1 aromatic carbocycles. The average Bonchev–Trinajstić information content (AvgIpc) is 2.80. The van der Waals surface area contributed by atoms with Crippen LogP contribution in [-0.4, -0.2) is 5.84 Å². The van der Waals surface area contributed by atoms with Crippen LogP contribution in [0.25, 0.3) is 0 Å². The number of hydrogen-bond acceptors (Lipinski definition) is 3. The van der Waals surface area contributed by atoms with Crippen molar-refractivity contribution in [2.24, 2.45) is 5.73 Å². The molecule has 2 aromatic rings. The molecule has 0 bridgehead atoms. The first kappa shape index (κ1) is 12.1. The zero-order valence-corrected chi connectivity index (χ0v) is 11.3. The third-order valence-corrected chi connectivity index (χ3v) is 3.52. The number of nitrogens with one attached hydrogen (secondary N) is 1. The number of thiophene rings is 1. The van der Waals surface area contributed by atoms with Crippen molar-refractivity contribution in [1.29, 1.82) is 5.41 Å². The second kappa shape index (κ2) is 5.33. The Labute approximate surface area is 112 Å². The number of nitrogens with two attached hydrogens (primary N) is 1. The number of amidine groups is 1. The van der Waals surface area contributed by atoms with Gasteiger partial charge in [0.1, 0.15) is 18.2 Å². The van der Waals surface area contributed by atoms with Crippen LogP contribution in [0.3, 0.4) is 0 Å². The Morgan fingerprint density at radius 1 is 1.41 bits per heavy atom. The number of ether oxygens (including phenoxy) is 1. The van der Waals surface area contributed by atoms with Crippen molar-refractivity contribution in [3.63, 3.8) is 0 Å². The van der Waals surface area contributed by atoms with E-state index in [2.05, 4.69) is 15.9 Å². The Morgan fingerprint density at radius 2 is 2.24 bits per heavy atom. The highest BCUT2D eigenvalue weighted by molar-refractivity contribution is 9.10. The van der Waals surface area contributed by atoms with Crippen LogP contribution in [-0.2, 0) is 6.61 Å². The molecular formula is C12H11BrN2OS. The van der Waals surface area contributed by atoms with E-state index < -0.39 is 0 Å². The van der Waals surface area contributed by atoms with Crippen molar-refractivity contribution in [2.75, 3.05) is 0 Å². The van der Waals surface area contributed by atoms with Crippen LogP contribution < -0.4 is 10.5 Å². The Bertz CT molecular complexity index is 525. The third-order valence-electron chi connectivity index (χ3n) is 2.18. The van der Waals surface area contributed by atoms with Crippen LogP contribution in [0.2, 0.25) is 0 Å². The van der Waals surface area contributed by atoms with E-state index in [1.54, 1.807) is 17.4 Å². The highest BCUT2D eigenvalue weighted by Crippen LogP contribution is 2.24. The molecule has 0 saturated carbocycles. The lowest BCUT2D eigenvalue weighted by Gasteiger charge is -2.10. The average molecular weight is 311 g/mol. The van der Waals surface area contributed by atoms with Crippen molar-refractivity contribution >= 4 is 33.1 Å². The first-order valence-corrected chi connectivity index (χ1v) is 6.63. The maximum Gasteiger partial charge on any atom is 0.130 e. The Balaban J connectivity index is 2.17. The summed E-state index contributed by atoms with van der Waals surface area (Å²) in [6.07, 6.45) is 0. The van der Waals surface area contributed by atoms with Gasteiger partial charge in [0.15, 0.2) is 0 Å². The first-order chi connectivity index (χ1) is 8.16. The molecule has 2 rings (SSSR count). The third kappa shape index (κ3) is 3.08. The molecule has 0 amide bonds. The minimum Gasteiger partial charge on any atom is -0.487 e. The molecule has 17 heavy (non-hydrogen) atoms. The van der Waals surface area contributed by atoms with Gasteiger partial charge in [0.25, 0.3) is 0 Å². The molecule has 1 heterocycles. The van der Waals surface area contributed by atoms with Gasteiger partial charge in [0.05, 0.1) is 5.56 Å². The highest BCUT2D eigenvalue weighted by atomic mass is 79.9. The van der Waals surface area contributed by atoms with Gasteiger partial charge in [0, 0.05) is 9.35 Å². The molecule has 0 fully saturated rings. The summed E-state index contributed by atoms with van der Waals surface area (Å²) in [5.41, 5.74) is 6.12. The van der Waals surface area contributed by atoms with Gasteiger partial charge in [-0.15, -0.1) is 11.3 Å². The fourth-order valence-electron chi connectivity index (χ4n) is 1.38. The molecule has 88 valence electrons. The maximum absolute atomic E-state index is 7.51. The summed E-state index contributed by atoms with van der Waals surface area (Å²) < 4.78 is 6.55. The van der Waals surface area contributed by atoms with E-state index in [4.69, 9.17) is 15.9 Å². The van der Waals surface area contributed by atoms with E-state index in [9.17, 15) is 0 Å². The van der Waals surface area contributed by atoms with E-state index in [0.29, 0.717) is 17.9 Å². The smallest absolute Gasteiger partial charge is 0.130 e. The van der Waals surface area contributed by atoms with Crippen molar-refractivity contribution in [2.45, 2.75) is 6.61 Å². The molecule has 3 N–H and O–H groups in total. The fourth-order valence-corrected chi connectivity index (χ4v) is 2.36. The summed E-state index contributed by atoms with van der Waals surface area (Å²) in [5.74, 6) is 0.640. The minimum absolute atomic E-state index is 0.00693. The van der Waals surface area contributed by atoms with Gasteiger partial charge < -0.3 is 10.5 Å². The molecule has 0 radical (unpaired) electrons. The second-order valence-electron chi connectivity index (χ2n) is 3.42. The predicted octanol–water partition coefficient (Wildman–Crippen LogP) is 3.37. The normalized spacial score (nSPS) is 10.2. The number of halogens is 1. The Morgan fingerprint density at radius 3 is 2.88 bits per heavy atom. The number of rotatable bonds is 4. The number of benzene rings is 1. The number of nitrogen functional groups attached to an aromatic ring is 1. The van der Waals surface area contributed by atoms with E-state index in [0.717, 1.165) is 9.35 Å². The van der Waals surface area contributed by atoms with Gasteiger partial charge >= 0.3 is 0 Å². The summed E-state index contributed by atoms with van der Waals surface area (Å²) in [4.78, 5) is 1.14. The molecule has 1 aromatic heterocycles. The summed E-state index contributed by atoms with van der Waals surface area (Å²) in [6.45, 7) is 0.500. The molecule has 0 aliphatic carbocycles. The lowest BCUT2D eigenvalue weighted by atomic mass is 10.2. The van der Waals surface area contributed by atoms with Gasteiger partial charge in [-0.3, -0.25) is 5.41 Å². The SMILES string of the molecule is N=C(N)c1cc(Br)ccc1OCc1cccs1. The standard InChI is InChI=1S/C12H11BrN2OS/c13-8-3-4-11(10(6-8)12(14)15)16-7-9-2-1-5-17-9/h1-6H,7H2,(H3,14,15).